The fourth-order valence-corrected chi connectivity index (χ4v) is 4.12. The molecule has 1 aliphatic carbocycles. The van der Waals surface area contributed by atoms with E-state index in [1.54, 1.807) is 0 Å². The van der Waals surface area contributed by atoms with E-state index in [0.717, 1.165) is 61.3 Å². The number of allylic oxidation sites excluding steroid dienone is 2. The highest BCUT2D eigenvalue weighted by Crippen LogP contribution is 2.30. The predicted octanol–water partition coefficient (Wildman–Crippen LogP) is 6.21. The van der Waals surface area contributed by atoms with E-state index in [-0.39, 0.29) is 5.78 Å². The molecule has 0 radical (unpaired) electrons. The van der Waals surface area contributed by atoms with Crippen LogP contribution in [0.5, 0.6) is 0 Å². The molecule has 1 aliphatic rings. The van der Waals surface area contributed by atoms with E-state index < -0.39 is 0 Å². The number of ketones is 1. The molecule has 2 aromatic carbocycles. The zero-order valence-corrected chi connectivity index (χ0v) is 18.8. The maximum atomic E-state index is 12.9. The van der Waals surface area contributed by atoms with Crippen LogP contribution in [-0.2, 0) is 4.79 Å². The number of benzene rings is 2. The average molecular weight is 400 g/mol. The van der Waals surface area contributed by atoms with Crippen molar-refractivity contribution in [1.82, 2.24) is 0 Å². The van der Waals surface area contributed by atoms with Crippen molar-refractivity contribution < 1.29 is 4.79 Å². The van der Waals surface area contributed by atoms with Crippen molar-refractivity contribution in [3.8, 4) is 0 Å². The molecule has 0 heterocycles. The Kier molecular flexibility index (Phi) is 7.51. The van der Waals surface area contributed by atoms with Gasteiger partial charge < -0.3 is 9.80 Å². The number of nitrogens with zero attached hydrogens (tertiary/aromatic N) is 2. The molecule has 2 aromatic rings. The van der Waals surface area contributed by atoms with Crippen molar-refractivity contribution in [1.29, 1.82) is 0 Å². The lowest BCUT2D eigenvalue weighted by atomic mass is 8.36. The van der Waals surface area contributed by atoms with Gasteiger partial charge in [0.15, 0.2) is 5.78 Å². The first-order valence-electron chi connectivity index (χ1n) is 11.2. The quantitative estimate of drug-likeness (QED) is 0.493. The van der Waals surface area contributed by atoms with E-state index in [1.807, 2.05) is 0 Å². The third kappa shape index (κ3) is 5.02. The molecule has 0 aromatic heterocycles. The zero-order valence-electron chi connectivity index (χ0n) is 18.8. The summed E-state index contributed by atoms with van der Waals surface area (Å²) in [6.07, 6.45) is 5.75. The fourth-order valence-electron chi connectivity index (χ4n) is 4.12. The first-order chi connectivity index (χ1) is 14.6. The minimum Gasteiger partial charge on any atom is -0.372 e. The minimum absolute atomic E-state index is 0.190. The summed E-state index contributed by atoms with van der Waals surface area (Å²) in [5.41, 5.74) is 6.48. The molecule has 3 nitrogen and oxygen atoms in total. The summed E-state index contributed by atoms with van der Waals surface area (Å²) in [6, 6.07) is 17.0. The van der Waals surface area contributed by atoms with Crippen LogP contribution in [0.1, 0.15) is 51.7 Å². The van der Waals surface area contributed by atoms with Gasteiger partial charge in [-0.1, -0.05) is 24.3 Å². The number of hydrogen-bond acceptors (Lipinski definition) is 3. The monoisotopic (exact) mass is 399 g/mol. The third-order valence-corrected chi connectivity index (χ3v) is 5.97. The highest BCUT2D eigenvalue weighted by atomic mass is 16.1. The Bertz CT molecular complexity index is 823. The Morgan fingerprint density at radius 1 is 0.667 bits per heavy atom. The minimum atomic E-state index is 0.190. The number of Topliss-reactive ketones (excluding diaryl/α,β-unsaturated/α-hetero) is 1. The van der Waals surface area contributed by atoms with Crippen molar-refractivity contribution >= 4 is 29.3 Å². The molecule has 3 rings (SSSR count). The van der Waals surface area contributed by atoms with Crippen LogP contribution in [0.3, 0.4) is 0 Å². The van der Waals surface area contributed by atoms with E-state index in [4.69, 9.17) is 0 Å². The zero-order chi connectivity index (χ0) is 21.5. The van der Waals surface area contributed by atoms with Gasteiger partial charge in [0.25, 0.3) is 0 Å². The summed E-state index contributed by atoms with van der Waals surface area (Å²) in [5.74, 6) is 0.190. The summed E-state index contributed by atoms with van der Waals surface area (Å²) in [7, 11) is 0. The van der Waals surface area contributed by atoms with E-state index in [0.29, 0.717) is 0 Å². The summed E-state index contributed by atoms with van der Waals surface area (Å²) in [4.78, 5) is 17.5. The van der Waals surface area contributed by atoms with Crippen LogP contribution < -0.4 is 9.80 Å². The maximum absolute atomic E-state index is 12.9. The van der Waals surface area contributed by atoms with Crippen LogP contribution in [0.2, 0.25) is 0 Å². The lowest BCUT2D eigenvalue weighted by Gasteiger charge is -2.20. The Hall–Kier alpha value is -2.81. The van der Waals surface area contributed by atoms with Crippen molar-refractivity contribution in [3.63, 3.8) is 0 Å². The van der Waals surface area contributed by atoms with Gasteiger partial charge in [-0.3, -0.25) is 4.79 Å². The summed E-state index contributed by atoms with van der Waals surface area (Å²) in [6.45, 7) is 12.7. The van der Waals surface area contributed by atoms with E-state index in [9.17, 15) is 4.79 Å². The van der Waals surface area contributed by atoms with Crippen molar-refractivity contribution in [2.24, 2.45) is 0 Å². The van der Waals surface area contributed by atoms with Gasteiger partial charge in [0.2, 0.25) is 0 Å². The van der Waals surface area contributed by atoms with Crippen LogP contribution >= 0.6 is 0 Å². The molecule has 0 amide bonds. The fraction of sp³-hybridized carbons (Fsp3) is 0.370. The third-order valence-electron chi connectivity index (χ3n) is 5.97. The van der Waals surface area contributed by atoms with Crippen molar-refractivity contribution in [2.75, 3.05) is 36.0 Å². The van der Waals surface area contributed by atoms with Gasteiger partial charge in [-0.25, -0.2) is 0 Å². The van der Waals surface area contributed by atoms with E-state index in [2.05, 4.69) is 98.2 Å². The highest BCUT2D eigenvalue weighted by molar-refractivity contribution is 6.15. The normalized spacial score (nSPS) is 16.5. The maximum Gasteiger partial charge on any atom is 0.185 e. The molecule has 0 atom stereocenters. The molecule has 158 valence electrons. The summed E-state index contributed by atoms with van der Waals surface area (Å²) in [5, 5.41) is 0. The number of carbonyl (C=O) groups is 1. The van der Waals surface area contributed by atoms with E-state index in [1.165, 1.54) is 11.4 Å². The van der Waals surface area contributed by atoms with Crippen LogP contribution in [0.15, 0.2) is 59.7 Å². The van der Waals surface area contributed by atoms with Crippen molar-refractivity contribution in [2.45, 2.75) is 40.5 Å². The van der Waals surface area contributed by atoms with Crippen LogP contribution in [0.25, 0.3) is 12.2 Å². The Morgan fingerprint density at radius 2 is 1.00 bits per heavy atom. The van der Waals surface area contributed by atoms with Gasteiger partial charge >= 0.3 is 0 Å². The largest absolute Gasteiger partial charge is 0.372 e. The number of hydrogen-bond donors (Lipinski definition) is 0. The smallest absolute Gasteiger partial charge is 0.185 e. The van der Waals surface area contributed by atoms with Crippen molar-refractivity contribution in [3.05, 3.63) is 70.8 Å². The van der Waals surface area contributed by atoms with Gasteiger partial charge in [0, 0.05) is 48.7 Å². The molecule has 30 heavy (non-hydrogen) atoms. The van der Waals surface area contributed by atoms with Gasteiger partial charge in [0.1, 0.15) is 0 Å². The topological polar surface area (TPSA) is 23.6 Å². The first kappa shape index (κ1) is 21.9. The molecule has 3 heteroatoms. The molecule has 1 fully saturated rings. The standard InChI is InChI=1S/C27H34N2O/c1-5-28(6-2)25-15-9-21(10-16-25)19-23-13-14-24(27(23)30)20-22-11-17-26(18-12-22)29(7-3)8-4/h9-12,15-20H,5-8,13-14H2,1-4H3/b23-19+,24-20+/i27-3. The molecule has 0 bridgehead atoms. The molecule has 1 saturated carbocycles. The highest BCUT2D eigenvalue weighted by Gasteiger charge is 2.22. The molecule has 0 unspecified atom stereocenters. The molecular formula is C27H34N2O. The second-order valence-electron chi connectivity index (χ2n) is 7.70. The van der Waals surface area contributed by atoms with Gasteiger partial charge in [0.05, 0.1) is 0 Å². The number of rotatable bonds is 8. The lowest BCUT2D eigenvalue weighted by Crippen LogP contribution is -2.21. The Morgan fingerprint density at radius 3 is 1.30 bits per heavy atom. The van der Waals surface area contributed by atoms with Gasteiger partial charge in [-0.05, 0) is 88.1 Å². The lowest BCUT2D eigenvalue weighted by molar-refractivity contribution is -0.111. The Labute approximate surface area is 181 Å². The van der Waals surface area contributed by atoms with Crippen LogP contribution in [0.4, 0.5) is 11.4 Å². The molecule has 0 saturated heterocycles. The van der Waals surface area contributed by atoms with Gasteiger partial charge in [-0.15, -0.1) is 0 Å². The molecule has 0 aliphatic heterocycles. The number of anilines is 2. The Balaban J connectivity index is 1.72. The summed E-state index contributed by atoms with van der Waals surface area (Å²) >= 11 is 0. The van der Waals surface area contributed by atoms with Crippen LogP contribution in [-0.4, -0.2) is 32.0 Å². The first-order valence-corrected chi connectivity index (χ1v) is 11.2. The second kappa shape index (κ2) is 10.3. The van der Waals surface area contributed by atoms with E-state index >= 15 is 0 Å². The number of carbonyl (C=O) groups excluding carboxylic acids is 1. The summed E-state index contributed by atoms with van der Waals surface area (Å²) < 4.78 is 0. The second-order valence-corrected chi connectivity index (χ2v) is 7.70. The SMILES string of the molecule is CCN(CC)c1ccc(/C=C2\CC/C(=C\c3ccc(N(CC)CC)cc3)[9C]2=O)cc1. The predicted molar refractivity (Wildman–Crippen MR) is 130 cm³/mol. The van der Waals surface area contributed by atoms with Crippen LogP contribution in [0, 0.1) is 0 Å². The molecule has 0 spiro atoms. The molecular weight excluding hydrogens is 365 g/mol. The average Bonchev–Trinajstić information content (AvgIpc) is 3.11. The molecule has 0 N–H and O–H groups in total. The van der Waals surface area contributed by atoms with Gasteiger partial charge in [-0.2, -0.15) is 0 Å².